The molecule has 2 N–H and O–H groups in total. The third-order valence-electron chi connectivity index (χ3n) is 5.76. The molecule has 172 valence electrons. The van der Waals surface area contributed by atoms with Gasteiger partial charge in [-0.15, -0.1) is 0 Å². The van der Waals surface area contributed by atoms with Crippen LogP contribution in [0.25, 0.3) is 0 Å². The molecular weight excluding hydrogens is 418 g/mol. The Morgan fingerprint density at radius 2 is 1.94 bits per heavy atom. The van der Waals surface area contributed by atoms with Gasteiger partial charge in [0.2, 0.25) is 5.95 Å². The first-order chi connectivity index (χ1) is 15.8. The van der Waals surface area contributed by atoms with Crippen molar-refractivity contribution in [1.29, 1.82) is 0 Å². The van der Waals surface area contributed by atoms with E-state index in [1.54, 1.807) is 11.8 Å². The summed E-state index contributed by atoms with van der Waals surface area (Å²) in [7, 11) is 1.60. The number of aryl methyl sites for hydroxylation is 1. The molecule has 1 atom stereocenters. The van der Waals surface area contributed by atoms with Crippen LogP contribution >= 0.6 is 0 Å². The average molecular weight is 448 g/mol. The van der Waals surface area contributed by atoms with Crippen molar-refractivity contribution in [1.82, 2.24) is 14.8 Å². The molecule has 1 aliphatic heterocycles. The van der Waals surface area contributed by atoms with Gasteiger partial charge in [-0.1, -0.05) is 18.2 Å². The number of anilines is 2. The zero-order chi connectivity index (χ0) is 23.7. The highest BCUT2D eigenvalue weighted by molar-refractivity contribution is 6.06. The van der Waals surface area contributed by atoms with Crippen LogP contribution in [-0.2, 0) is 4.79 Å². The van der Waals surface area contributed by atoms with Crippen molar-refractivity contribution < 1.29 is 14.3 Å². The summed E-state index contributed by atoms with van der Waals surface area (Å²) in [6.07, 6.45) is 1.48. The molecule has 1 aliphatic rings. The number of ether oxygens (including phenoxy) is 2. The Morgan fingerprint density at radius 3 is 2.67 bits per heavy atom. The van der Waals surface area contributed by atoms with Crippen LogP contribution in [0.3, 0.4) is 0 Å². The van der Waals surface area contributed by atoms with Crippen LogP contribution in [0.5, 0.6) is 11.5 Å². The standard InChI is InChI=1S/C25H29N5O3/c1-14(2)33-20-11-10-18(12-21(20)32-6)23-22(17(5)28-25-26-13-27-30(23)25)24(31)29-19-9-7-8-15(3)16(19)4/h7-14,23H,1-6H3,(H,29,31)(H,26,27,28). The highest BCUT2D eigenvalue weighted by atomic mass is 16.5. The van der Waals surface area contributed by atoms with Gasteiger partial charge in [0.25, 0.3) is 5.91 Å². The number of benzene rings is 2. The minimum Gasteiger partial charge on any atom is -0.493 e. The monoisotopic (exact) mass is 447 g/mol. The zero-order valence-corrected chi connectivity index (χ0v) is 19.8. The molecule has 0 saturated carbocycles. The number of carbonyl (C=O) groups excluding carboxylic acids is 1. The van der Waals surface area contributed by atoms with E-state index in [-0.39, 0.29) is 12.0 Å². The number of amides is 1. The van der Waals surface area contributed by atoms with E-state index in [4.69, 9.17) is 9.47 Å². The van der Waals surface area contributed by atoms with E-state index in [1.165, 1.54) is 6.33 Å². The molecule has 8 heteroatoms. The molecule has 1 unspecified atom stereocenters. The Bertz CT molecular complexity index is 1230. The minimum absolute atomic E-state index is 0.00611. The maximum Gasteiger partial charge on any atom is 0.255 e. The van der Waals surface area contributed by atoms with Gasteiger partial charge in [0.15, 0.2) is 11.5 Å². The maximum absolute atomic E-state index is 13.6. The van der Waals surface area contributed by atoms with E-state index < -0.39 is 6.04 Å². The lowest BCUT2D eigenvalue weighted by atomic mass is 9.94. The molecule has 8 nitrogen and oxygen atoms in total. The number of nitrogens with zero attached hydrogens (tertiary/aromatic N) is 3. The molecule has 0 fully saturated rings. The summed E-state index contributed by atoms with van der Waals surface area (Å²) in [6.45, 7) is 9.82. The van der Waals surface area contributed by atoms with E-state index in [0.29, 0.717) is 28.7 Å². The number of methoxy groups -OCH3 is 1. The van der Waals surface area contributed by atoms with Crippen molar-refractivity contribution in [2.75, 3.05) is 17.7 Å². The minimum atomic E-state index is -0.490. The molecule has 1 aromatic heterocycles. The first-order valence-corrected chi connectivity index (χ1v) is 10.9. The van der Waals surface area contributed by atoms with E-state index in [0.717, 1.165) is 22.4 Å². The van der Waals surface area contributed by atoms with E-state index in [9.17, 15) is 4.79 Å². The van der Waals surface area contributed by atoms with Crippen LogP contribution in [0.1, 0.15) is 43.5 Å². The van der Waals surface area contributed by atoms with Gasteiger partial charge in [-0.05, 0) is 69.5 Å². The second-order valence-electron chi connectivity index (χ2n) is 8.37. The van der Waals surface area contributed by atoms with Crippen molar-refractivity contribution in [3.05, 3.63) is 70.7 Å². The molecule has 3 aromatic rings. The molecular formula is C25H29N5O3. The summed E-state index contributed by atoms with van der Waals surface area (Å²) in [5.74, 6) is 1.60. The van der Waals surface area contributed by atoms with E-state index in [1.807, 2.05) is 71.0 Å². The van der Waals surface area contributed by atoms with Crippen LogP contribution in [0, 0.1) is 13.8 Å². The van der Waals surface area contributed by atoms with Crippen LogP contribution in [0.2, 0.25) is 0 Å². The van der Waals surface area contributed by atoms with Crippen molar-refractivity contribution in [3.63, 3.8) is 0 Å². The highest BCUT2D eigenvalue weighted by Crippen LogP contribution is 2.39. The van der Waals surface area contributed by atoms with Crippen molar-refractivity contribution in [2.45, 2.75) is 46.8 Å². The quantitative estimate of drug-likeness (QED) is 0.573. The SMILES string of the molecule is COc1cc(C2C(C(=O)Nc3cccc(C)c3C)=C(C)Nc3ncnn32)ccc1OC(C)C. The second-order valence-corrected chi connectivity index (χ2v) is 8.37. The molecule has 0 aliphatic carbocycles. The molecule has 2 aromatic carbocycles. The van der Waals surface area contributed by atoms with Gasteiger partial charge < -0.3 is 20.1 Å². The fraction of sp³-hybridized carbons (Fsp3) is 0.320. The molecule has 0 bridgehead atoms. The fourth-order valence-electron chi connectivity index (χ4n) is 3.97. The molecule has 33 heavy (non-hydrogen) atoms. The number of allylic oxidation sites excluding steroid dienone is 1. The van der Waals surface area contributed by atoms with Crippen LogP contribution in [0.15, 0.2) is 54.0 Å². The zero-order valence-electron chi connectivity index (χ0n) is 19.8. The highest BCUT2D eigenvalue weighted by Gasteiger charge is 2.34. The van der Waals surface area contributed by atoms with Gasteiger partial charge in [0.05, 0.1) is 18.8 Å². The first kappa shape index (κ1) is 22.4. The lowest BCUT2D eigenvalue weighted by Gasteiger charge is -2.29. The summed E-state index contributed by atoms with van der Waals surface area (Å²) in [5.41, 5.74) is 5.02. The molecule has 4 rings (SSSR count). The largest absolute Gasteiger partial charge is 0.493 e. The van der Waals surface area contributed by atoms with Crippen molar-refractivity contribution >= 4 is 17.5 Å². The van der Waals surface area contributed by atoms with Crippen LogP contribution in [-0.4, -0.2) is 33.9 Å². The number of aromatic nitrogens is 3. The maximum atomic E-state index is 13.6. The lowest BCUT2D eigenvalue weighted by molar-refractivity contribution is -0.113. The smallest absolute Gasteiger partial charge is 0.255 e. The predicted octanol–water partition coefficient (Wildman–Crippen LogP) is 4.62. The third-order valence-corrected chi connectivity index (χ3v) is 5.76. The molecule has 0 spiro atoms. The van der Waals surface area contributed by atoms with E-state index in [2.05, 4.69) is 20.7 Å². The molecule has 0 radical (unpaired) electrons. The topological polar surface area (TPSA) is 90.3 Å². The summed E-state index contributed by atoms with van der Waals surface area (Å²) in [6, 6.07) is 11.1. The Hall–Kier alpha value is -3.81. The van der Waals surface area contributed by atoms with Crippen molar-refractivity contribution in [3.8, 4) is 11.5 Å². The third kappa shape index (κ3) is 4.28. The van der Waals surface area contributed by atoms with Gasteiger partial charge in [-0.25, -0.2) is 4.68 Å². The Kier molecular flexibility index (Phi) is 6.09. The predicted molar refractivity (Wildman–Crippen MR) is 128 cm³/mol. The molecule has 0 saturated heterocycles. The number of carbonyl (C=O) groups is 1. The van der Waals surface area contributed by atoms with Crippen LogP contribution in [0.4, 0.5) is 11.6 Å². The number of fused-ring (bicyclic) bond motifs is 1. The second kappa shape index (κ2) is 8.97. The summed E-state index contributed by atoms with van der Waals surface area (Å²) in [5, 5.41) is 10.7. The normalized spacial score (nSPS) is 15.2. The van der Waals surface area contributed by atoms with Crippen molar-refractivity contribution in [2.24, 2.45) is 0 Å². The lowest BCUT2D eigenvalue weighted by Crippen LogP contribution is -2.31. The van der Waals surface area contributed by atoms with Gasteiger partial charge in [0, 0.05) is 11.4 Å². The Morgan fingerprint density at radius 1 is 1.15 bits per heavy atom. The van der Waals surface area contributed by atoms with Gasteiger partial charge >= 0.3 is 0 Å². The fourth-order valence-corrected chi connectivity index (χ4v) is 3.97. The average Bonchev–Trinajstić information content (AvgIpc) is 3.24. The summed E-state index contributed by atoms with van der Waals surface area (Å²) < 4.78 is 13.2. The Labute approximate surface area is 193 Å². The van der Waals surface area contributed by atoms with Gasteiger partial charge in [-0.3, -0.25) is 4.79 Å². The van der Waals surface area contributed by atoms with Crippen LogP contribution < -0.4 is 20.1 Å². The van der Waals surface area contributed by atoms with Gasteiger partial charge in [-0.2, -0.15) is 10.1 Å². The number of hydrogen-bond donors (Lipinski definition) is 2. The number of rotatable bonds is 6. The molecule has 1 amide bonds. The summed E-state index contributed by atoms with van der Waals surface area (Å²) >= 11 is 0. The number of nitrogens with one attached hydrogen (secondary N) is 2. The first-order valence-electron chi connectivity index (χ1n) is 10.9. The van der Waals surface area contributed by atoms with E-state index >= 15 is 0 Å². The summed E-state index contributed by atoms with van der Waals surface area (Å²) in [4.78, 5) is 17.9. The molecule has 2 heterocycles. The number of hydrogen-bond acceptors (Lipinski definition) is 6. The van der Waals surface area contributed by atoms with Gasteiger partial charge in [0.1, 0.15) is 12.4 Å². The Balaban J connectivity index is 1.78.